The first-order chi connectivity index (χ1) is 11.1. The summed E-state index contributed by atoms with van der Waals surface area (Å²) in [4.78, 5) is 17.2. The predicted octanol–water partition coefficient (Wildman–Crippen LogP) is 3.73. The van der Waals surface area contributed by atoms with Gasteiger partial charge in [-0.05, 0) is 20.3 Å². The van der Waals surface area contributed by atoms with Crippen molar-refractivity contribution in [2.45, 2.75) is 40.2 Å². The molecule has 8 heteroatoms. The van der Waals surface area contributed by atoms with Gasteiger partial charge in [-0.25, -0.2) is 9.97 Å². The maximum atomic E-state index is 4.72. The standard InChI is InChI=1S/C16H25N5S2.HI/c1-5-14-9-19-15(23-14)7-8-18-16(17-6-2)21(4)10-13-11-22-12(3)20-13;/h9,11H,5-8,10H2,1-4H3,(H,17,18);1H. The summed E-state index contributed by atoms with van der Waals surface area (Å²) >= 11 is 3.47. The van der Waals surface area contributed by atoms with Crippen LogP contribution in [0.15, 0.2) is 16.6 Å². The molecule has 0 amide bonds. The van der Waals surface area contributed by atoms with Gasteiger partial charge in [0, 0.05) is 43.0 Å². The molecule has 24 heavy (non-hydrogen) atoms. The molecule has 0 bridgehead atoms. The summed E-state index contributed by atoms with van der Waals surface area (Å²) < 4.78 is 0. The summed E-state index contributed by atoms with van der Waals surface area (Å²) in [6.07, 6.45) is 3.92. The van der Waals surface area contributed by atoms with E-state index in [0.29, 0.717) is 0 Å². The minimum Gasteiger partial charge on any atom is -0.357 e. The first kappa shape index (κ1) is 21.3. The molecule has 2 heterocycles. The Labute approximate surface area is 169 Å². The fourth-order valence-corrected chi connectivity index (χ4v) is 3.61. The third kappa shape index (κ3) is 6.64. The molecule has 0 atom stereocenters. The second-order valence-electron chi connectivity index (χ2n) is 5.27. The molecule has 1 N–H and O–H groups in total. The summed E-state index contributed by atoms with van der Waals surface area (Å²) in [5, 5.41) is 7.72. The molecule has 5 nitrogen and oxygen atoms in total. The number of hydrogen-bond donors (Lipinski definition) is 1. The molecule has 0 aliphatic rings. The highest BCUT2D eigenvalue weighted by molar-refractivity contribution is 14.0. The van der Waals surface area contributed by atoms with Gasteiger partial charge in [0.25, 0.3) is 0 Å². The van der Waals surface area contributed by atoms with E-state index in [4.69, 9.17) is 4.99 Å². The summed E-state index contributed by atoms with van der Waals surface area (Å²) in [6.45, 7) is 8.66. The Balaban J connectivity index is 0.00000288. The first-order valence-electron chi connectivity index (χ1n) is 7.96. The monoisotopic (exact) mass is 479 g/mol. The molecule has 0 unspecified atom stereocenters. The second-order valence-corrected chi connectivity index (χ2v) is 7.54. The van der Waals surface area contributed by atoms with Crippen LogP contribution in [0.25, 0.3) is 0 Å². The lowest BCUT2D eigenvalue weighted by Gasteiger charge is -2.21. The summed E-state index contributed by atoms with van der Waals surface area (Å²) in [5.74, 6) is 0.922. The predicted molar refractivity (Wildman–Crippen MR) is 115 cm³/mol. The Morgan fingerprint density at radius 3 is 2.75 bits per heavy atom. The number of aliphatic imine (C=N–C) groups is 1. The van der Waals surface area contributed by atoms with Crippen molar-refractivity contribution in [2.75, 3.05) is 20.1 Å². The topological polar surface area (TPSA) is 53.4 Å². The first-order valence-corrected chi connectivity index (χ1v) is 9.66. The summed E-state index contributed by atoms with van der Waals surface area (Å²) in [5.41, 5.74) is 1.09. The number of hydrogen-bond acceptors (Lipinski definition) is 5. The molecule has 0 fully saturated rings. The Morgan fingerprint density at radius 2 is 2.17 bits per heavy atom. The summed E-state index contributed by atoms with van der Waals surface area (Å²) in [7, 11) is 2.05. The minimum absolute atomic E-state index is 0. The molecule has 134 valence electrons. The molecule has 0 saturated heterocycles. The van der Waals surface area contributed by atoms with E-state index in [-0.39, 0.29) is 24.0 Å². The number of nitrogens with one attached hydrogen (secondary N) is 1. The Hall–Kier alpha value is -0.740. The van der Waals surface area contributed by atoms with Gasteiger partial charge in [0.15, 0.2) is 5.96 Å². The van der Waals surface area contributed by atoms with Gasteiger partial charge in [-0.3, -0.25) is 4.99 Å². The molecule has 2 aromatic rings. The van der Waals surface area contributed by atoms with Gasteiger partial charge in [0.05, 0.1) is 22.3 Å². The lowest BCUT2D eigenvalue weighted by atomic mass is 10.4. The molecular formula is C16H26IN5S2. The van der Waals surface area contributed by atoms with Gasteiger partial charge >= 0.3 is 0 Å². The van der Waals surface area contributed by atoms with Crippen LogP contribution in [0.3, 0.4) is 0 Å². The third-order valence-electron chi connectivity index (χ3n) is 3.30. The van der Waals surface area contributed by atoms with Gasteiger partial charge in [0.2, 0.25) is 0 Å². The van der Waals surface area contributed by atoms with E-state index in [2.05, 4.69) is 46.5 Å². The minimum atomic E-state index is 0. The van der Waals surface area contributed by atoms with Gasteiger partial charge < -0.3 is 10.2 Å². The molecule has 0 saturated carbocycles. The average molecular weight is 479 g/mol. The average Bonchev–Trinajstić information content (AvgIpc) is 3.15. The maximum absolute atomic E-state index is 4.72. The quantitative estimate of drug-likeness (QED) is 0.374. The van der Waals surface area contributed by atoms with Crippen molar-refractivity contribution in [3.8, 4) is 0 Å². The normalized spacial score (nSPS) is 11.2. The highest BCUT2D eigenvalue weighted by Crippen LogP contribution is 2.14. The van der Waals surface area contributed by atoms with Gasteiger partial charge in [0.1, 0.15) is 0 Å². The Morgan fingerprint density at radius 1 is 1.38 bits per heavy atom. The highest BCUT2D eigenvalue weighted by atomic mass is 127. The fraction of sp³-hybridized carbons (Fsp3) is 0.562. The molecular weight excluding hydrogens is 453 g/mol. The molecule has 0 radical (unpaired) electrons. The van der Waals surface area contributed by atoms with E-state index < -0.39 is 0 Å². The Bertz CT molecular complexity index is 638. The largest absolute Gasteiger partial charge is 0.357 e. The molecule has 0 aliphatic heterocycles. The van der Waals surface area contributed by atoms with Crippen molar-refractivity contribution in [3.63, 3.8) is 0 Å². The zero-order chi connectivity index (χ0) is 16.7. The number of rotatable bonds is 7. The fourth-order valence-electron chi connectivity index (χ4n) is 2.15. The van der Waals surface area contributed by atoms with Gasteiger partial charge in [-0.1, -0.05) is 6.92 Å². The lowest BCUT2D eigenvalue weighted by Crippen LogP contribution is -2.38. The van der Waals surface area contributed by atoms with Crippen LogP contribution in [0.4, 0.5) is 0 Å². The van der Waals surface area contributed by atoms with Crippen LogP contribution < -0.4 is 5.32 Å². The van der Waals surface area contributed by atoms with Crippen LogP contribution in [-0.4, -0.2) is 41.0 Å². The number of aromatic nitrogens is 2. The van der Waals surface area contributed by atoms with E-state index in [9.17, 15) is 0 Å². The van der Waals surface area contributed by atoms with Crippen molar-refractivity contribution >= 4 is 52.6 Å². The number of thiazole rings is 2. The number of guanidine groups is 1. The van der Waals surface area contributed by atoms with E-state index in [1.165, 1.54) is 9.88 Å². The molecule has 0 aliphatic carbocycles. The van der Waals surface area contributed by atoms with Crippen LogP contribution in [0.2, 0.25) is 0 Å². The zero-order valence-corrected chi connectivity index (χ0v) is 18.7. The van der Waals surface area contributed by atoms with Crippen molar-refractivity contribution in [3.05, 3.63) is 32.2 Å². The zero-order valence-electron chi connectivity index (χ0n) is 14.7. The van der Waals surface area contributed by atoms with E-state index in [1.54, 1.807) is 22.7 Å². The van der Waals surface area contributed by atoms with Crippen LogP contribution in [0.5, 0.6) is 0 Å². The molecule has 2 aromatic heterocycles. The van der Waals surface area contributed by atoms with Crippen LogP contribution in [0, 0.1) is 6.92 Å². The second kappa shape index (κ2) is 11.0. The number of aryl methyl sites for hydroxylation is 2. The molecule has 2 rings (SSSR count). The van der Waals surface area contributed by atoms with Gasteiger partial charge in [-0.2, -0.15) is 0 Å². The van der Waals surface area contributed by atoms with Crippen molar-refractivity contribution in [1.29, 1.82) is 0 Å². The van der Waals surface area contributed by atoms with Crippen molar-refractivity contribution in [2.24, 2.45) is 4.99 Å². The van der Waals surface area contributed by atoms with Gasteiger partial charge in [-0.15, -0.1) is 46.7 Å². The Kier molecular flexibility index (Phi) is 9.75. The SMILES string of the molecule is CCNC(=NCCc1ncc(CC)s1)N(C)Cc1csc(C)n1.I. The van der Waals surface area contributed by atoms with E-state index in [0.717, 1.165) is 49.1 Å². The van der Waals surface area contributed by atoms with Crippen LogP contribution in [-0.2, 0) is 19.4 Å². The maximum Gasteiger partial charge on any atom is 0.194 e. The smallest absolute Gasteiger partial charge is 0.194 e. The molecule has 0 aromatic carbocycles. The lowest BCUT2D eigenvalue weighted by molar-refractivity contribution is 0.471. The third-order valence-corrected chi connectivity index (χ3v) is 5.32. The van der Waals surface area contributed by atoms with E-state index >= 15 is 0 Å². The number of nitrogens with zero attached hydrogens (tertiary/aromatic N) is 4. The van der Waals surface area contributed by atoms with Crippen LogP contribution >= 0.6 is 46.7 Å². The van der Waals surface area contributed by atoms with E-state index in [1.807, 2.05) is 13.1 Å². The van der Waals surface area contributed by atoms with Crippen molar-refractivity contribution in [1.82, 2.24) is 20.2 Å². The van der Waals surface area contributed by atoms with Crippen molar-refractivity contribution < 1.29 is 0 Å². The summed E-state index contributed by atoms with van der Waals surface area (Å²) in [6, 6.07) is 0. The highest BCUT2D eigenvalue weighted by Gasteiger charge is 2.08. The van der Waals surface area contributed by atoms with Crippen LogP contribution in [0.1, 0.15) is 34.4 Å². The molecule has 0 spiro atoms. The number of halogens is 1.